The van der Waals surface area contributed by atoms with Crippen molar-refractivity contribution in [3.05, 3.63) is 78.9 Å². The molecule has 4 aromatic rings. The monoisotopic (exact) mass is 546 g/mol. The summed E-state index contributed by atoms with van der Waals surface area (Å²) in [5.41, 5.74) is 2.88. The molecule has 2 heterocycles. The van der Waals surface area contributed by atoms with Crippen LogP contribution in [0.1, 0.15) is 0 Å². The minimum Gasteiger partial charge on any atom is -0.367 e. The van der Waals surface area contributed by atoms with Gasteiger partial charge in [-0.2, -0.15) is 8.42 Å². The van der Waals surface area contributed by atoms with Gasteiger partial charge in [0.1, 0.15) is 4.90 Å². The molecule has 10 heteroatoms. The molecule has 0 unspecified atom stereocenters. The number of para-hydroxylation sites is 4. The number of thioether (sulfide) groups is 1. The summed E-state index contributed by atoms with van der Waals surface area (Å²) in [6, 6.07) is 23.2. The molecule has 194 valence electrons. The van der Waals surface area contributed by atoms with Gasteiger partial charge in [-0.25, -0.2) is 4.98 Å². The number of terminal acetylenes is 1. The van der Waals surface area contributed by atoms with E-state index in [-0.39, 0.29) is 16.6 Å². The van der Waals surface area contributed by atoms with Crippen molar-refractivity contribution >= 4 is 50.1 Å². The first kappa shape index (κ1) is 25.9. The molecule has 0 saturated carbocycles. The summed E-state index contributed by atoms with van der Waals surface area (Å²) in [5.74, 6) is 2.50. The number of nitrogens with one attached hydrogen (secondary N) is 2. The molecule has 8 nitrogen and oxygen atoms in total. The van der Waals surface area contributed by atoms with Gasteiger partial charge in [0, 0.05) is 26.2 Å². The van der Waals surface area contributed by atoms with Gasteiger partial charge >= 0.3 is 15.2 Å². The maximum absolute atomic E-state index is 13.6. The predicted molar refractivity (Wildman–Crippen MR) is 151 cm³/mol. The summed E-state index contributed by atoms with van der Waals surface area (Å²) in [6.07, 6.45) is 5.45. The molecule has 3 aromatic carbocycles. The summed E-state index contributed by atoms with van der Waals surface area (Å²) in [6.45, 7) is 3.99. The number of fused-ring (bicyclic) bond motifs is 1. The highest BCUT2D eigenvalue weighted by Gasteiger charge is 2.32. The van der Waals surface area contributed by atoms with E-state index >= 15 is 0 Å². The lowest BCUT2D eigenvalue weighted by Crippen LogP contribution is -2.46. The number of benzene rings is 3. The third-order valence-corrected chi connectivity index (χ3v) is 9.18. The van der Waals surface area contributed by atoms with Gasteiger partial charge in [-0.05, 0) is 48.2 Å². The second-order valence-electron chi connectivity index (χ2n) is 8.85. The predicted octanol–water partition coefficient (Wildman–Crippen LogP) is 3.18. The molecular weight excluding hydrogens is 518 g/mol. The Morgan fingerprint density at radius 1 is 0.974 bits per heavy atom. The fraction of sp³-hybridized carbons (Fsp3) is 0.214. The lowest BCUT2D eigenvalue weighted by Gasteiger charge is -2.36. The molecule has 5 rings (SSSR count). The van der Waals surface area contributed by atoms with Gasteiger partial charge in [-0.3, -0.25) is 9.69 Å². The van der Waals surface area contributed by atoms with Gasteiger partial charge in [0.15, 0.2) is 11.0 Å². The highest BCUT2D eigenvalue weighted by Crippen LogP contribution is 2.27. The first-order chi connectivity index (χ1) is 18.5. The zero-order valence-corrected chi connectivity index (χ0v) is 22.3. The van der Waals surface area contributed by atoms with Crippen molar-refractivity contribution in [2.75, 3.05) is 48.7 Å². The van der Waals surface area contributed by atoms with E-state index in [1.807, 2.05) is 36.4 Å². The Hall–Kier alpha value is -3.78. The van der Waals surface area contributed by atoms with Crippen LogP contribution in [0.15, 0.2) is 88.9 Å². The van der Waals surface area contributed by atoms with Gasteiger partial charge in [0.2, 0.25) is 5.91 Å². The molecule has 1 aromatic heterocycles. The minimum atomic E-state index is -3.88. The maximum atomic E-state index is 13.6. The number of aromatic nitrogens is 2. The normalized spacial score (nSPS) is 14.3. The van der Waals surface area contributed by atoms with Crippen LogP contribution < -0.4 is 14.2 Å². The van der Waals surface area contributed by atoms with Gasteiger partial charge in [-0.15, -0.1) is 10.4 Å². The number of aromatic amines is 1. The molecule has 1 fully saturated rings. The highest BCUT2D eigenvalue weighted by molar-refractivity contribution is 8.00. The number of hydrogen-bond acceptors (Lipinski definition) is 6. The van der Waals surface area contributed by atoms with Crippen LogP contribution in [0.25, 0.3) is 11.0 Å². The lowest BCUT2D eigenvalue weighted by atomic mass is 10.2. The molecule has 1 saturated heterocycles. The van der Waals surface area contributed by atoms with Crippen LogP contribution in [0.2, 0.25) is 0 Å². The smallest absolute Gasteiger partial charge is 0.336 e. The standard InChI is InChI=1S/C28H27N5O3S2/c1-2-16-31-17-19-32(20-18-31)25-14-8-6-12-23(25)29-27(34)21-37-28-30-24-13-7-9-15-26(24)33(28)38(35,36)22-10-4-3-5-11-22/h1,3-15H,16-21H2,(H,29,34)/p+1. The molecule has 1 aliphatic heterocycles. The van der Waals surface area contributed by atoms with Gasteiger partial charge in [0.25, 0.3) is 0 Å². The number of carbonyl (C=O) groups is 1. The van der Waals surface area contributed by atoms with E-state index in [1.165, 1.54) is 3.97 Å². The van der Waals surface area contributed by atoms with Crippen molar-refractivity contribution < 1.29 is 17.2 Å². The van der Waals surface area contributed by atoms with E-state index in [2.05, 4.69) is 26.0 Å². The molecule has 0 aliphatic carbocycles. The molecule has 0 bridgehead atoms. The summed E-state index contributed by atoms with van der Waals surface area (Å²) in [5, 5.41) is 3.38. The van der Waals surface area contributed by atoms with Crippen molar-refractivity contribution in [2.45, 2.75) is 10.1 Å². The Kier molecular flexibility index (Phi) is 7.69. The minimum absolute atomic E-state index is 0.0292. The largest absolute Gasteiger partial charge is 0.367 e. The summed E-state index contributed by atoms with van der Waals surface area (Å²) >= 11 is 1.15. The fourth-order valence-electron chi connectivity index (χ4n) is 4.51. The van der Waals surface area contributed by atoms with Crippen LogP contribution in [0, 0.1) is 12.3 Å². The molecular formula is C28H28N5O3S2+. The molecule has 1 amide bonds. The first-order valence-corrected chi connectivity index (χ1v) is 14.7. The van der Waals surface area contributed by atoms with Crippen molar-refractivity contribution in [1.82, 2.24) is 9.88 Å². The van der Waals surface area contributed by atoms with E-state index in [9.17, 15) is 13.2 Å². The van der Waals surface area contributed by atoms with Crippen LogP contribution in [0.4, 0.5) is 11.4 Å². The number of nitrogens with zero attached hydrogens (tertiary/aromatic N) is 3. The zero-order valence-electron chi connectivity index (χ0n) is 20.7. The molecule has 0 radical (unpaired) electrons. The number of anilines is 2. The van der Waals surface area contributed by atoms with Crippen molar-refractivity contribution in [3.8, 4) is 12.3 Å². The first-order valence-electron chi connectivity index (χ1n) is 12.2. The van der Waals surface area contributed by atoms with Gasteiger partial charge < -0.3 is 10.2 Å². The van der Waals surface area contributed by atoms with Crippen molar-refractivity contribution in [3.63, 3.8) is 0 Å². The van der Waals surface area contributed by atoms with Crippen molar-refractivity contribution in [2.24, 2.45) is 0 Å². The van der Waals surface area contributed by atoms with Crippen LogP contribution in [0.5, 0.6) is 0 Å². The third-order valence-electron chi connectivity index (χ3n) is 6.38. The number of carbonyl (C=O) groups excluding carboxylic acids is 1. The number of amides is 1. The topological polar surface area (TPSA) is 89.4 Å². The van der Waals surface area contributed by atoms with Gasteiger partial charge in [0.05, 0.1) is 23.7 Å². The summed E-state index contributed by atoms with van der Waals surface area (Å²) < 4.78 is 28.4. The van der Waals surface area contributed by atoms with Crippen molar-refractivity contribution in [1.29, 1.82) is 0 Å². The average molecular weight is 547 g/mol. The number of rotatable bonds is 8. The third kappa shape index (κ3) is 5.41. The molecule has 1 aliphatic rings. The number of H-pyrrole nitrogens is 1. The van der Waals surface area contributed by atoms with Gasteiger partial charge in [-0.1, -0.05) is 48.4 Å². The van der Waals surface area contributed by atoms with E-state index in [0.717, 1.165) is 49.3 Å². The van der Waals surface area contributed by atoms with Crippen LogP contribution >= 0.6 is 11.8 Å². The fourth-order valence-corrected chi connectivity index (χ4v) is 7.10. The Morgan fingerprint density at radius 3 is 2.42 bits per heavy atom. The zero-order chi connectivity index (χ0) is 26.5. The van der Waals surface area contributed by atoms with E-state index in [1.54, 1.807) is 42.5 Å². The Bertz CT molecular complexity index is 1590. The molecule has 0 atom stereocenters. The second kappa shape index (κ2) is 11.3. The number of imidazole rings is 1. The quantitative estimate of drug-likeness (QED) is 0.201. The Labute approximate surface area is 226 Å². The highest BCUT2D eigenvalue weighted by atomic mass is 32.2. The van der Waals surface area contributed by atoms with E-state index in [0.29, 0.717) is 22.7 Å². The second-order valence-corrected chi connectivity index (χ2v) is 11.6. The summed E-state index contributed by atoms with van der Waals surface area (Å²) in [4.78, 5) is 20.9. The maximum Gasteiger partial charge on any atom is 0.336 e. The number of piperazine rings is 1. The van der Waals surface area contributed by atoms with Crippen LogP contribution in [-0.2, 0) is 14.8 Å². The molecule has 2 N–H and O–H groups in total. The van der Waals surface area contributed by atoms with Crippen LogP contribution in [0.3, 0.4) is 0 Å². The average Bonchev–Trinajstić information content (AvgIpc) is 3.33. The van der Waals surface area contributed by atoms with E-state index < -0.39 is 10.0 Å². The molecule has 38 heavy (non-hydrogen) atoms. The Morgan fingerprint density at radius 2 is 1.66 bits per heavy atom. The summed E-state index contributed by atoms with van der Waals surface area (Å²) in [7, 11) is -3.88. The molecule has 0 spiro atoms. The lowest BCUT2D eigenvalue weighted by molar-refractivity contribution is -0.526. The van der Waals surface area contributed by atoms with Crippen LogP contribution in [-0.4, -0.2) is 62.7 Å². The SMILES string of the molecule is C#CCN1CCN(c2ccccc2NC(=O)CSc2[nH]c3ccccc3[n+]2S(=O)(=O)c2ccccc2)CC1. The van der Waals surface area contributed by atoms with E-state index in [4.69, 9.17) is 6.42 Å². The Balaban J connectivity index is 1.34. The number of hydrogen-bond donors (Lipinski definition) is 2.